The molecular weight excluding hydrogens is 391 g/mol. The molecule has 2 aliphatic heterocycles. The molecule has 0 saturated carbocycles. The number of benzene rings is 2. The van der Waals surface area contributed by atoms with E-state index in [1.54, 1.807) is 0 Å². The van der Waals surface area contributed by atoms with E-state index in [9.17, 15) is 18.0 Å². The molecule has 0 spiro atoms. The van der Waals surface area contributed by atoms with E-state index < -0.39 is 29.1 Å². The molecule has 1 saturated heterocycles. The van der Waals surface area contributed by atoms with Crippen LogP contribution in [-0.2, 0) is 27.2 Å². The van der Waals surface area contributed by atoms with Crippen molar-refractivity contribution in [2.45, 2.75) is 24.6 Å². The lowest BCUT2D eigenvalue weighted by atomic mass is 10.1. The normalized spacial score (nSPS) is 21.5. The van der Waals surface area contributed by atoms with Crippen LogP contribution in [0.25, 0.3) is 0 Å². The first kappa shape index (κ1) is 18.7. The molecule has 2 heterocycles. The molecule has 2 aliphatic rings. The molecule has 4 rings (SSSR count). The van der Waals surface area contributed by atoms with E-state index in [0.717, 1.165) is 17.7 Å². The maximum atomic E-state index is 13.5. The summed E-state index contributed by atoms with van der Waals surface area (Å²) in [4.78, 5) is 13.7. The third kappa shape index (κ3) is 3.82. The fraction of sp³-hybridized carbons (Fsp3) is 0.250. The summed E-state index contributed by atoms with van der Waals surface area (Å²) in [5.41, 5.74) is 1.21. The molecule has 1 fully saturated rings. The molecule has 2 aromatic rings. The number of rotatable bonds is 5. The quantitative estimate of drug-likeness (QED) is 0.704. The molecule has 28 heavy (non-hydrogen) atoms. The summed E-state index contributed by atoms with van der Waals surface area (Å²) in [6.07, 6.45) is 1.51. The molecule has 0 aromatic heterocycles. The molecule has 2 unspecified atom stereocenters. The summed E-state index contributed by atoms with van der Waals surface area (Å²) in [6, 6.07) is 11.5. The van der Waals surface area contributed by atoms with E-state index in [1.165, 1.54) is 22.9 Å². The minimum Gasteiger partial charge on any atom is -0.459 e. The zero-order chi connectivity index (χ0) is 19.7. The van der Waals surface area contributed by atoms with Crippen LogP contribution < -0.4 is 0 Å². The minimum absolute atomic E-state index is 0.0608. The Bertz CT molecular complexity index is 899. The van der Waals surface area contributed by atoms with E-state index >= 15 is 0 Å². The fourth-order valence-electron chi connectivity index (χ4n) is 3.12. The van der Waals surface area contributed by atoms with Gasteiger partial charge >= 0.3 is 0 Å². The first-order valence-electron chi connectivity index (χ1n) is 8.62. The number of thioether (sulfide) groups is 1. The lowest BCUT2D eigenvalue weighted by Gasteiger charge is -2.24. The number of ether oxygens (including phenoxy) is 2. The first-order valence-corrected chi connectivity index (χ1v) is 9.67. The Balaban J connectivity index is 1.45. The molecule has 4 nitrogen and oxygen atoms in total. The smallest absolute Gasteiger partial charge is 0.244 e. The van der Waals surface area contributed by atoms with Gasteiger partial charge in [-0.05, 0) is 23.3 Å². The molecule has 8 heteroatoms. The summed E-state index contributed by atoms with van der Waals surface area (Å²) in [7, 11) is 0. The highest BCUT2D eigenvalue weighted by Crippen LogP contribution is 2.36. The molecule has 2 aromatic carbocycles. The van der Waals surface area contributed by atoms with Crippen molar-refractivity contribution in [2.24, 2.45) is 0 Å². The van der Waals surface area contributed by atoms with E-state index in [4.69, 9.17) is 9.47 Å². The van der Waals surface area contributed by atoms with Gasteiger partial charge in [0, 0.05) is 13.0 Å². The number of hydrogen-bond acceptors (Lipinski definition) is 4. The predicted octanol–water partition coefficient (Wildman–Crippen LogP) is 3.96. The number of carbonyl (C=O) groups is 1. The summed E-state index contributed by atoms with van der Waals surface area (Å²) < 4.78 is 51.6. The lowest BCUT2D eigenvalue weighted by molar-refractivity contribution is -0.129. The number of amides is 1. The van der Waals surface area contributed by atoms with Crippen molar-refractivity contribution in [1.29, 1.82) is 0 Å². The van der Waals surface area contributed by atoms with Crippen molar-refractivity contribution in [1.82, 2.24) is 4.90 Å². The molecule has 0 aliphatic carbocycles. The monoisotopic (exact) mass is 407 g/mol. The molecule has 2 atom stereocenters. The largest absolute Gasteiger partial charge is 0.459 e. The second kappa shape index (κ2) is 7.79. The summed E-state index contributed by atoms with van der Waals surface area (Å²) >= 11 is 1.34. The number of nitrogens with zero attached hydrogens (tertiary/aromatic N) is 1. The Morgan fingerprint density at radius 1 is 1.07 bits per heavy atom. The van der Waals surface area contributed by atoms with Crippen LogP contribution >= 0.6 is 11.8 Å². The SMILES string of the molecule is O=C1CSC(C2=COC(Cc3ccccc3)O2)N1Cc1cc(F)c(F)c(F)c1. The molecule has 146 valence electrons. The van der Waals surface area contributed by atoms with E-state index in [1.807, 2.05) is 30.3 Å². The maximum absolute atomic E-state index is 13.5. The minimum atomic E-state index is -1.53. The molecule has 0 N–H and O–H groups in total. The third-order valence-electron chi connectivity index (χ3n) is 4.46. The number of carbonyl (C=O) groups excluding carboxylic acids is 1. The highest BCUT2D eigenvalue weighted by Gasteiger charge is 2.38. The van der Waals surface area contributed by atoms with Crippen LogP contribution in [0.1, 0.15) is 11.1 Å². The fourth-order valence-corrected chi connectivity index (χ4v) is 4.23. The van der Waals surface area contributed by atoms with Crippen LogP contribution in [0.4, 0.5) is 13.2 Å². The van der Waals surface area contributed by atoms with Gasteiger partial charge in [-0.3, -0.25) is 4.79 Å². The van der Waals surface area contributed by atoms with Crippen molar-refractivity contribution in [2.75, 3.05) is 5.75 Å². The summed E-state index contributed by atoms with van der Waals surface area (Å²) in [5.74, 6) is -3.61. The Hall–Kier alpha value is -2.61. The van der Waals surface area contributed by atoms with Crippen molar-refractivity contribution >= 4 is 17.7 Å². The second-order valence-corrected chi connectivity index (χ2v) is 7.52. The maximum Gasteiger partial charge on any atom is 0.244 e. The number of halogens is 3. The lowest BCUT2D eigenvalue weighted by Crippen LogP contribution is -2.34. The topological polar surface area (TPSA) is 38.8 Å². The second-order valence-electron chi connectivity index (χ2n) is 6.45. The Morgan fingerprint density at radius 3 is 2.50 bits per heavy atom. The van der Waals surface area contributed by atoms with Crippen molar-refractivity contribution in [3.05, 3.63) is 83.1 Å². The Labute approximate surface area is 163 Å². The van der Waals surface area contributed by atoms with Crippen LogP contribution in [0.2, 0.25) is 0 Å². The average Bonchev–Trinajstić information content (AvgIpc) is 3.27. The molecule has 1 amide bonds. The van der Waals surface area contributed by atoms with Crippen LogP contribution in [0, 0.1) is 17.5 Å². The third-order valence-corrected chi connectivity index (χ3v) is 5.67. The van der Waals surface area contributed by atoms with Gasteiger partial charge in [-0.1, -0.05) is 30.3 Å². The summed E-state index contributed by atoms with van der Waals surface area (Å²) in [5, 5.41) is -0.468. The predicted molar refractivity (Wildman–Crippen MR) is 97.3 cm³/mol. The van der Waals surface area contributed by atoms with Gasteiger partial charge < -0.3 is 14.4 Å². The first-order chi connectivity index (χ1) is 13.5. The van der Waals surface area contributed by atoms with Gasteiger partial charge in [-0.2, -0.15) is 0 Å². The number of hydrogen-bond donors (Lipinski definition) is 0. The van der Waals surface area contributed by atoms with Gasteiger partial charge in [-0.25, -0.2) is 13.2 Å². The van der Waals surface area contributed by atoms with Crippen molar-refractivity contribution in [3.63, 3.8) is 0 Å². The van der Waals surface area contributed by atoms with Gasteiger partial charge in [-0.15, -0.1) is 11.8 Å². The highest BCUT2D eigenvalue weighted by molar-refractivity contribution is 8.01. The van der Waals surface area contributed by atoms with E-state index in [2.05, 4.69) is 0 Å². The van der Waals surface area contributed by atoms with E-state index in [0.29, 0.717) is 12.2 Å². The van der Waals surface area contributed by atoms with Crippen LogP contribution in [0.5, 0.6) is 0 Å². The highest BCUT2D eigenvalue weighted by atomic mass is 32.2. The Kier molecular flexibility index (Phi) is 5.21. The van der Waals surface area contributed by atoms with Gasteiger partial charge in [0.05, 0.1) is 5.75 Å². The van der Waals surface area contributed by atoms with Gasteiger partial charge in [0.2, 0.25) is 12.2 Å². The van der Waals surface area contributed by atoms with E-state index in [-0.39, 0.29) is 23.8 Å². The molecule has 0 radical (unpaired) electrons. The standard InChI is InChI=1S/C20H16F3NO3S/c21-14-6-13(7-15(22)19(14)23)9-24-17(25)11-28-20(24)16-10-26-18(27-16)8-12-4-2-1-3-5-12/h1-7,10,18,20H,8-9,11H2. The summed E-state index contributed by atoms with van der Waals surface area (Å²) in [6.45, 7) is -0.0608. The molecule has 0 bridgehead atoms. The van der Waals surface area contributed by atoms with Gasteiger partial charge in [0.1, 0.15) is 11.6 Å². The zero-order valence-electron chi connectivity index (χ0n) is 14.6. The zero-order valence-corrected chi connectivity index (χ0v) is 15.4. The van der Waals surface area contributed by atoms with Gasteiger partial charge in [0.25, 0.3) is 0 Å². The van der Waals surface area contributed by atoms with Crippen LogP contribution in [0.15, 0.2) is 54.5 Å². The van der Waals surface area contributed by atoms with Crippen molar-refractivity contribution in [3.8, 4) is 0 Å². The van der Waals surface area contributed by atoms with Gasteiger partial charge in [0.15, 0.2) is 23.2 Å². The molecular formula is C20H16F3NO3S. The Morgan fingerprint density at radius 2 is 1.79 bits per heavy atom. The average molecular weight is 407 g/mol. The van der Waals surface area contributed by atoms with Crippen LogP contribution in [-0.4, -0.2) is 28.2 Å². The van der Waals surface area contributed by atoms with Crippen molar-refractivity contribution < 1.29 is 27.4 Å². The van der Waals surface area contributed by atoms with Crippen LogP contribution in [0.3, 0.4) is 0 Å².